The third kappa shape index (κ3) is 4.65. The minimum Gasteiger partial charge on any atom is -0.272 e. The molecule has 1 atom stereocenters. The van der Waals surface area contributed by atoms with Crippen LogP contribution in [-0.2, 0) is 4.79 Å². The van der Waals surface area contributed by atoms with Gasteiger partial charge in [-0.25, -0.2) is 0 Å². The number of hydrogen-bond donors (Lipinski definition) is 2. The average Bonchev–Trinajstić information content (AvgIpc) is 2.54. The van der Waals surface area contributed by atoms with Gasteiger partial charge in [0.05, 0.1) is 5.25 Å². The third-order valence-electron chi connectivity index (χ3n) is 2.76. The van der Waals surface area contributed by atoms with Crippen LogP contribution < -0.4 is 10.9 Å². The molecule has 0 unspecified atom stereocenters. The van der Waals surface area contributed by atoms with E-state index < -0.39 is 0 Å². The minimum absolute atomic E-state index is 0.242. The van der Waals surface area contributed by atoms with Gasteiger partial charge in [-0.05, 0) is 31.2 Å². The molecule has 0 spiro atoms. The Hall–Kier alpha value is -2.27. The highest BCUT2D eigenvalue weighted by atomic mass is 32.2. The van der Waals surface area contributed by atoms with Gasteiger partial charge in [0.1, 0.15) is 0 Å². The van der Waals surface area contributed by atoms with Gasteiger partial charge in [0.25, 0.3) is 11.8 Å². The van der Waals surface area contributed by atoms with E-state index in [2.05, 4.69) is 10.9 Å². The van der Waals surface area contributed by atoms with E-state index in [4.69, 9.17) is 0 Å². The zero-order valence-electron chi connectivity index (χ0n) is 11.6. The SMILES string of the molecule is C[C@H](Sc1ccccc1)C(=O)NNC(=O)c1ccccc1. The van der Waals surface area contributed by atoms with Crippen molar-refractivity contribution in [1.29, 1.82) is 0 Å². The fraction of sp³-hybridized carbons (Fsp3) is 0.125. The van der Waals surface area contributed by atoms with Crippen molar-refractivity contribution in [3.8, 4) is 0 Å². The van der Waals surface area contributed by atoms with Gasteiger partial charge < -0.3 is 0 Å². The molecule has 0 saturated carbocycles. The Balaban J connectivity index is 1.83. The molecule has 0 aliphatic rings. The first kappa shape index (κ1) is 15.1. The highest BCUT2D eigenvalue weighted by molar-refractivity contribution is 8.00. The van der Waals surface area contributed by atoms with Gasteiger partial charge in [0.15, 0.2) is 0 Å². The normalized spacial score (nSPS) is 11.5. The van der Waals surface area contributed by atoms with Crippen molar-refractivity contribution in [2.75, 3.05) is 0 Å². The van der Waals surface area contributed by atoms with Crippen molar-refractivity contribution in [2.45, 2.75) is 17.1 Å². The number of amides is 2. The predicted octanol–water partition coefficient (Wildman–Crippen LogP) is 2.63. The summed E-state index contributed by atoms with van der Waals surface area (Å²) in [6.45, 7) is 1.79. The second kappa shape index (κ2) is 7.50. The Morgan fingerprint density at radius 1 is 0.905 bits per heavy atom. The van der Waals surface area contributed by atoms with Crippen LogP contribution >= 0.6 is 11.8 Å². The maximum Gasteiger partial charge on any atom is 0.269 e. The molecular weight excluding hydrogens is 284 g/mol. The van der Waals surface area contributed by atoms with Crippen LogP contribution in [0.4, 0.5) is 0 Å². The van der Waals surface area contributed by atoms with Crippen molar-refractivity contribution < 1.29 is 9.59 Å². The van der Waals surface area contributed by atoms with Crippen LogP contribution in [-0.4, -0.2) is 17.1 Å². The van der Waals surface area contributed by atoms with E-state index in [1.54, 1.807) is 31.2 Å². The first-order chi connectivity index (χ1) is 10.2. The van der Waals surface area contributed by atoms with Crippen molar-refractivity contribution in [2.24, 2.45) is 0 Å². The molecule has 2 N–H and O–H groups in total. The first-order valence-corrected chi connectivity index (χ1v) is 7.42. The number of carbonyl (C=O) groups is 2. The molecule has 4 nitrogen and oxygen atoms in total. The lowest BCUT2D eigenvalue weighted by Crippen LogP contribution is -2.44. The van der Waals surface area contributed by atoms with E-state index in [9.17, 15) is 9.59 Å². The Morgan fingerprint density at radius 3 is 2.10 bits per heavy atom. The van der Waals surface area contributed by atoms with Crippen LogP contribution in [0.3, 0.4) is 0 Å². The molecule has 5 heteroatoms. The molecule has 2 aromatic carbocycles. The van der Waals surface area contributed by atoms with Crippen LogP contribution in [0.1, 0.15) is 17.3 Å². The summed E-state index contributed by atoms with van der Waals surface area (Å²) < 4.78 is 0. The standard InChI is InChI=1S/C16H16N2O2S/c1-12(21-14-10-6-3-7-11-14)15(19)17-18-16(20)13-8-4-2-5-9-13/h2-12H,1H3,(H,17,19)(H,18,20)/t12-/m0/s1. The van der Waals surface area contributed by atoms with Gasteiger partial charge in [-0.15, -0.1) is 11.8 Å². The fourth-order valence-corrected chi connectivity index (χ4v) is 2.53. The Kier molecular flexibility index (Phi) is 5.40. The fourth-order valence-electron chi connectivity index (χ4n) is 1.64. The topological polar surface area (TPSA) is 58.2 Å². The molecule has 2 aromatic rings. The van der Waals surface area contributed by atoms with E-state index in [-0.39, 0.29) is 17.1 Å². The molecular formula is C16H16N2O2S. The number of thioether (sulfide) groups is 1. The van der Waals surface area contributed by atoms with Crippen molar-refractivity contribution in [3.63, 3.8) is 0 Å². The summed E-state index contributed by atoms with van der Waals surface area (Å²) in [6.07, 6.45) is 0. The van der Waals surface area contributed by atoms with E-state index in [1.807, 2.05) is 36.4 Å². The molecule has 108 valence electrons. The van der Waals surface area contributed by atoms with Crippen molar-refractivity contribution in [3.05, 3.63) is 66.2 Å². The summed E-state index contributed by atoms with van der Waals surface area (Å²) in [7, 11) is 0. The monoisotopic (exact) mass is 300 g/mol. The van der Waals surface area contributed by atoms with Gasteiger partial charge in [-0.2, -0.15) is 0 Å². The lowest BCUT2D eigenvalue weighted by Gasteiger charge is -2.12. The second-order valence-corrected chi connectivity index (χ2v) is 5.80. The van der Waals surface area contributed by atoms with Crippen LogP contribution in [0, 0.1) is 0 Å². The van der Waals surface area contributed by atoms with Crippen LogP contribution in [0.25, 0.3) is 0 Å². The minimum atomic E-state index is -0.333. The molecule has 0 fully saturated rings. The summed E-state index contributed by atoms with van der Waals surface area (Å²) in [6, 6.07) is 18.4. The molecule has 0 aliphatic carbocycles. The largest absolute Gasteiger partial charge is 0.272 e. The molecule has 0 saturated heterocycles. The molecule has 2 rings (SSSR count). The predicted molar refractivity (Wildman–Crippen MR) is 83.8 cm³/mol. The quantitative estimate of drug-likeness (QED) is 0.674. The van der Waals surface area contributed by atoms with Gasteiger partial charge in [0, 0.05) is 10.5 Å². The van der Waals surface area contributed by atoms with Crippen molar-refractivity contribution in [1.82, 2.24) is 10.9 Å². The second-order valence-electron chi connectivity index (χ2n) is 4.38. The van der Waals surface area contributed by atoms with E-state index in [0.29, 0.717) is 5.56 Å². The zero-order chi connectivity index (χ0) is 15.1. The van der Waals surface area contributed by atoms with Gasteiger partial charge >= 0.3 is 0 Å². The van der Waals surface area contributed by atoms with Crippen LogP contribution in [0.2, 0.25) is 0 Å². The van der Waals surface area contributed by atoms with E-state index >= 15 is 0 Å². The third-order valence-corrected chi connectivity index (χ3v) is 3.87. The number of hydrazine groups is 1. The zero-order valence-corrected chi connectivity index (χ0v) is 12.4. The van der Waals surface area contributed by atoms with E-state index in [1.165, 1.54) is 11.8 Å². The Labute approximate surface area is 127 Å². The number of rotatable bonds is 4. The molecule has 0 heterocycles. The van der Waals surface area contributed by atoms with Gasteiger partial charge in [-0.1, -0.05) is 36.4 Å². The van der Waals surface area contributed by atoms with Gasteiger partial charge in [0.2, 0.25) is 0 Å². The summed E-state index contributed by atoms with van der Waals surface area (Å²) in [5, 5.41) is -0.302. The van der Waals surface area contributed by atoms with Crippen LogP contribution in [0.15, 0.2) is 65.6 Å². The molecule has 0 aromatic heterocycles. The average molecular weight is 300 g/mol. The van der Waals surface area contributed by atoms with E-state index in [0.717, 1.165) is 4.90 Å². The Bertz CT molecular complexity index is 602. The van der Waals surface area contributed by atoms with Crippen LogP contribution in [0.5, 0.6) is 0 Å². The van der Waals surface area contributed by atoms with Gasteiger partial charge in [-0.3, -0.25) is 20.4 Å². The molecule has 0 bridgehead atoms. The highest BCUT2D eigenvalue weighted by Crippen LogP contribution is 2.22. The number of benzene rings is 2. The highest BCUT2D eigenvalue weighted by Gasteiger charge is 2.15. The number of hydrogen-bond acceptors (Lipinski definition) is 3. The molecule has 21 heavy (non-hydrogen) atoms. The summed E-state index contributed by atoms with van der Waals surface area (Å²) in [5.74, 6) is -0.575. The molecule has 2 amide bonds. The summed E-state index contributed by atoms with van der Waals surface area (Å²) >= 11 is 1.44. The Morgan fingerprint density at radius 2 is 1.48 bits per heavy atom. The summed E-state index contributed by atoms with van der Waals surface area (Å²) in [5.41, 5.74) is 5.36. The lowest BCUT2D eigenvalue weighted by atomic mass is 10.2. The maximum atomic E-state index is 11.9. The number of carbonyl (C=O) groups excluding carboxylic acids is 2. The summed E-state index contributed by atoms with van der Waals surface area (Å²) in [4.78, 5) is 24.7. The van der Waals surface area contributed by atoms with Crippen molar-refractivity contribution >= 4 is 23.6 Å². The number of nitrogens with one attached hydrogen (secondary N) is 2. The lowest BCUT2D eigenvalue weighted by molar-refractivity contribution is -0.121. The molecule has 0 aliphatic heterocycles. The smallest absolute Gasteiger partial charge is 0.269 e. The maximum absolute atomic E-state index is 11.9. The first-order valence-electron chi connectivity index (χ1n) is 6.54. The molecule has 0 radical (unpaired) electrons.